The number of benzene rings is 1. The molecule has 0 N–H and O–H groups in total. The monoisotopic (exact) mass is 173 g/mol. The lowest BCUT2D eigenvalue weighted by atomic mass is 10.1. The molecular formula is C11H11NO. The van der Waals surface area contributed by atoms with Crippen LogP contribution in [-0.4, -0.2) is 4.98 Å². The molecule has 1 heterocycles. The number of aryl methyl sites for hydroxylation is 1. The molecule has 0 atom stereocenters. The van der Waals surface area contributed by atoms with Gasteiger partial charge >= 0.3 is 0 Å². The average molecular weight is 173 g/mol. The highest BCUT2D eigenvalue weighted by molar-refractivity contribution is 5.73. The van der Waals surface area contributed by atoms with Gasteiger partial charge in [-0.3, -0.25) is 0 Å². The van der Waals surface area contributed by atoms with E-state index < -0.39 is 0 Å². The summed E-state index contributed by atoms with van der Waals surface area (Å²) in [6.45, 7) is 5.55. The maximum Gasteiger partial charge on any atom is 0.192 e. The predicted octanol–water partition coefficient (Wildman–Crippen LogP) is 2.86. The molecule has 0 aliphatic rings. The van der Waals surface area contributed by atoms with Crippen molar-refractivity contribution in [2.24, 2.45) is 0 Å². The van der Waals surface area contributed by atoms with E-state index in [9.17, 15) is 0 Å². The summed E-state index contributed by atoms with van der Waals surface area (Å²) in [6.07, 6.45) is 2.76. The third-order valence-electron chi connectivity index (χ3n) is 1.94. The third-order valence-corrected chi connectivity index (χ3v) is 1.94. The van der Waals surface area contributed by atoms with Gasteiger partial charge in [0.25, 0.3) is 0 Å². The van der Waals surface area contributed by atoms with Crippen molar-refractivity contribution >= 4 is 11.1 Å². The van der Waals surface area contributed by atoms with Gasteiger partial charge in [-0.15, -0.1) is 6.58 Å². The highest BCUT2D eigenvalue weighted by Crippen LogP contribution is 2.16. The molecule has 2 heteroatoms. The standard InChI is InChI=1S/C11H11NO/c1-3-4-9-5-6-11-10(7-9)12-8(2)13-11/h3,5-7H,1,4H2,2H3. The van der Waals surface area contributed by atoms with E-state index in [1.54, 1.807) is 0 Å². The first-order chi connectivity index (χ1) is 6.29. The molecule has 0 aliphatic carbocycles. The average Bonchev–Trinajstić information content (AvgIpc) is 2.44. The van der Waals surface area contributed by atoms with Gasteiger partial charge in [-0.25, -0.2) is 4.98 Å². The Bertz CT molecular complexity index is 442. The van der Waals surface area contributed by atoms with E-state index in [4.69, 9.17) is 4.42 Å². The van der Waals surface area contributed by atoms with Crippen LogP contribution in [0.25, 0.3) is 11.1 Å². The zero-order valence-corrected chi connectivity index (χ0v) is 7.58. The number of allylic oxidation sites excluding steroid dienone is 1. The first-order valence-electron chi connectivity index (χ1n) is 4.26. The third kappa shape index (κ3) is 1.47. The number of hydrogen-bond donors (Lipinski definition) is 0. The second-order valence-electron chi connectivity index (χ2n) is 3.03. The van der Waals surface area contributed by atoms with Crippen LogP contribution in [0.3, 0.4) is 0 Å². The molecule has 1 aromatic carbocycles. The smallest absolute Gasteiger partial charge is 0.192 e. The Morgan fingerprint density at radius 1 is 1.54 bits per heavy atom. The van der Waals surface area contributed by atoms with Crippen LogP contribution in [0.4, 0.5) is 0 Å². The van der Waals surface area contributed by atoms with Crippen molar-refractivity contribution in [1.29, 1.82) is 0 Å². The van der Waals surface area contributed by atoms with E-state index in [2.05, 4.69) is 11.6 Å². The van der Waals surface area contributed by atoms with Crippen molar-refractivity contribution in [3.05, 3.63) is 42.3 Å². The molecule has 2 rings (SSSR count). The largest absolute Gasteiger partial charge is 0.441 e. The molecule has 66 valence electrons. The van der Waals surface area contributed by atoms with Crippen molar-refractivity contribution in [1.82, 2.24) is 4.98 Å². The quantitative estimate of drug-likeness (QED) is 0.652. The van der Waals surface area contributed by atoms with Crippen LogP contribution in [0.2, 0.25) is 0 Å². The molecule has 1 aromatic heterocycles. The van der Waals surface area contributed by atoms with Crippen molar-refractivity contribution in [3.8, 4) is 0 Å². The summed E-state index contributed by atoms with van der Waals surface area (Å²) < 4.78 is 5.36. The van der Waals surface area contributed by atoms with E-state index >= 15 is 0 Å². The molecule has 0 amide bonds. The Morgan fingerprint density at radius 2 is 2.38 bits per heavy atom. The Morgan fingerprint density at radius 3 is 3.15 bits per heavy atom. The molecule has 2 nitrogen and oxygen atoms in total. The number of fused-ring (bicyclic) bond motifs is 1. The van der Waals surface area contributed by atoms with Crippen LogP contribution < -0.4 is 0 Å². The highest BCUT2D eigenvalue weighted by atomic mass is 16.3. The fourth-order valence-electron chi connectivity index (χ4n) is 1.38. The van der Waals surface area contributed by atoms with Gasteiger partial charge in [0.2, 0.25) is 0 Å². The van der Waals surface area contributed by atoms with Gasteiger partial charge in [-0.05, 0) is 24.1 Å². The fourth-order valence-corrected chi connectivity index (χ4v) is 1.38. The topological polar surface area (TPSA) is 26.0 Å². The summed E-state index contributed by atoms with van der Waals surface area (Å²) >= 11 is 0. The maximum atomic E-state index is 5.36. The molecule has 2 aromatic rings. The molecule has 0 spiro atoms. The van der Waals surface area contributed by atoms with Crippen molar-refractivity contribution in [2.75, 3.05) is 0 Å². The second kappa shape index (κ2) is 3.05. The molecule has 0 saturated carbocycles. The molecule has 0 fully saturated rings. The zero-order chi connectivity index (χ0) is 9.26. The molecule has 0 unspecified atom stereocenters. The van der Waals surface area contributed by atoms with Crippen LogP contribution in [-0.2, 0) is 6.42 Å². The van der Waals surface area contributed by atoms with Gasteiger partial charge in [0.15, 0.2) is 11.5 Å². The van der Waals surface area contributed by atoms with E-state index in [0.29, 0.717) is 5.89 Å². The number of rotatable bonds is 2. The first kappa shape index (κ1) is 8.05. The van der Waals surface area contributed by atoms with Crippen LogP contribution in [0.1, 0.15) is 11.5 Å². The Hall–Kier alpha value is -1.57. The summed E-state index contributed by atoms with van der Waals surface area (Å²) in [7, 11) is 0. The van der Waals surface area contributed by atoms with E-state index in [0.717, 1.165) is 17.5 Å². The molecule has 0 saturated heterocycles. The second-order valence-corrected chi connectivity index (χ2v) is 3.03. The lowest BCUT2D eigenvalue weighted by Crippen LogP contribution is -1.79. The van der Waals surface area contributed by atoms with Gasteiger partial charge in [0.1, 0.15) is 5.52 Å². The Balaban J connectivity index is 2.54. The van der Waals surface area contributed by atoms with Gasteiger partial charge in [0.05, 0.1) is 0 Å². The van der Waals surface area contributed by atoms with Gasteiger partial charge in [0, 0.05) is 6.92 Å². The lowest BCUT2D eigenvalue weighted by Gasteiger charge is -1.93. The van der Waals surface area contributed by atoms with Gasteiger partial charge in [-0.1, -0.05) is 12.1 Å². The minimum Gasteiger partial charge on any atom is -0.441 e. The molecular weight excluding hydrogens is 162 g/mol. The minimum atomic E-state index is 0.714. The molecule has 13 heavy (non-hydrogen) atoms. The normalized spacial score (nSPS) is 10.5. The maximum absolute atomic E-state index is 5.36. The van der Waals surface area contributed by atoms with Crippen molar-refractivity contribution in [2.45, 2.75) is 13.3 Å². The summed E-state index contributed by atoms with van der Waals surface area (Å²) in [5.74, 6) is 0.714. The predicted molar refractivity (Wildman–Crippen MR) is 52.6 cm³/mol. The summed E-state index contributed by atoms with van der Waals surface area (Å²) in [6, 6.07) is 6.02. The van der Waals surface area contributed by atoms with Crippen LogP contribution >= 0.6 is 0 Å². The molecule has 0 bridgehead atoms. The van der Waals surface area contributed by atoms with E-state index in [1.165, 1.54) is 5.56 Å². The SMILES string of the molecule is C=CCc1ccc2oc(C)nc2c1. The fraction of sp³-hybridized carbons (Fsp3) is 0.182. The number of hydrogen-bond acceptors (Lipinski definition) is 2. The van der Waals surface area contributed by atoms with E-state index in [1.807, 2.05) is 31.2 Å². The zero-order valence-electron chi connectivity index (χ0n) is 7.58. The van der Waals surface area contributed by atoms with Crippen LogP contribution in [0, 0.1) is 6.92 Å². The number of nitrogens with zero attached hydrogens (tertiary/aromatic N) is 1. The number of oxazole rings is 1. The number of aromatic nitrogens is 1. The lowest BCUT2D eigenvalue weighted by molar-refractivity contribution is 0.561. The van der Waals surface area contributed by atoms with Crippen molar-refractivity contribution in [3.63, 3.8) is 0 Å². The Kier molecular flexibility index (Phi) is 1.89. The molecule has 0 aliphatic heterocycles. The van der Waals surface area contributed by atoms with Crippen LogP contribution in [0.15, 0.2) is 35.3 Å². The van der Waals surface area contributed by atoms with Crippen molar-refractivity contribution < 1.29 is 4.42 Å². The Labute approximate surface area is 76.9 Å². The minimum absolute atomic E-state index is 0.714. The van der Waals surface area contributed by atoms with Gasteiger partial charge in [-0.2, -0.15) is 0 Å². The highest BCUT2D eigenvalue weighted by Gasteiger charge is 2.01. The summed E-state index contributed by atoms with van der Waals surface area (Å²) in [4.78, 5) is 4.26. The first-order valence-corrected chi connectivity index (χ1v) is 4.26. The van der Waals surface area contributed by atoms with Gasteiger partial charge < -0.3 is 4.42 Å². The summed E-state index contributed by atoms with van der Waals surface area (Å²) in [5.41, 5.74) is 3.00. The van der Waals surface area contributed by atoms with Crippen LogP contribution in [0.5, 0.6) is 0 Å². The van der Waals surface area contributed by atoms with E-state index in [-0.39, 0.29) is 0 Å². The molecule has 0 radical (unpaired) electrons. The summed E-state index contributed by atoms with van der Waals surface area (Å²) in [5, 5.41) is 0.